The highest BCUT2D eigenvalue weighted by molar-refractivity contribution is 5.87. The zero-order chi connectivity index (χ0) is 20.6. The lowest BCUT2D eigenvalue weighted by molar-refractivity contribution is -0.149. The maximum atomic E-state index is 12.7. The number of carboxylic acids is 1. The topological polar surface area (TPSA) is 113 Å². The Labute approximate surface area is 161 Å². The first kappa shape index (κ1) is 21.5. The van der Waals surface area contributed by atoms with Gasteiger partial charge in [-0.25, -0.2) is 9.59 Å². The maximum Gasteiger partial charge on any atom is 0.410 e. The average Bonchev–Trinajstić information content (AvgIpc) is 2.92. The predicted molar refractivity (Wildman–Crippen MR) is 100 cm³/mol. The van der Waals surface area contributed by atoms with E-state index in [1.54, 1.807) is 4.90 Å². The van der Waals surface area contributed by atoms with Gasteiger partial charge < -0.3 is 25.4 Å². The van der Waals surface area contributed by atoms with Crippen molar-refractivity contribution < 1.29 is 24.2 Å². The quantitative estimate of drug-likeness (QED) is 0.766. The SMILES string of the molecule is CC(C)C(N)C(=O)N1CC2(CCN(C(=O)OC(C)(C)C)CC2)CC1C(=O)O. The number of nitrogens with zero attached hydrogens (tertiary/aromatic N) is 2. The van der Waals surface area contributed by atoms with E-state index in [1.165, 1.54) is 4.90 Å². The molecule has 154 valence electrons. The van der Waals surface area contributed by atoms with Gasteiger partial charge in [-0.15, -0.1) is 0 Å². The van der Waals surface area contributed by atoms with E-state index < -0.39 is 23.7 Å². The Bertz CT molecular complexity index is 591. The number of ether oxygens (including phenoxy) is 1. The van der Waals surface area contributed by atoms with Crippen LogP contribution in [0, 0.1) is 11.3 Å². The van der Waals surface area contributed by atoms with Crippen LogP contribution in [0.5, 0.6) is 0 Å². The van der Waals surface area contributed by atoms with Gasteiger partial charge in [0.15, 0.2) is 0 Å². The van der Waals surface area contributed by atoms with Crippen LogP contribution in [0.1, 0.15) is 53.9 Å². The van der Waals surface area contributed by atoms with Crippen LogP contribution in [0.4, 0.5) is 4.79 Å². The minimum absolute atomic E-state index is 0.0579. The minimum atomic E-state index is -0.995. The van der Waals surface area contributed by atoms with Gasteiger partial charge in [0.1, 0.15) is 11.6 Å². The number of amides is 2. The summed E-state index contributed by atoms with van der Waals surface area (Å²) in [5, 5.41) is 9.62. The van der Waals surface area contributed by atoms with Crippen LogP contribution in [0.15, 0.2) is 0 Å². The molecule has 27 heavy (non-hydrogen) atoms. The Balaban J connectivity index is 2.06. The number of likely N-dealkylation sites (tertiary alicyclic amines) is 2. The molecular formula is C19H33N3O5. The number of piperidine rings is 1. The molecule has 0 aromatic rings. The second-order valence-corrected chi connectivity index (χ2v) is 9.26. The number of nitrogens with two attached hydrogens (primary N) is 1. The van der Waals surface area contributed by atoms with Crippen LogP contribution in [0.2, 0.25) is 0 Å². The summed E-state index contributed by atoms with van der Waals surface area (Å²) in [4.78, 5) is 39.8. The second kappa shape index (κ2) is 7.66. The summed E-state index contributed by atoms with van der Waals surface area (Å²) in [6, 6.07) is -1.56. The normalized spacial score (nSPS) is 23.6. The minimum Gasteiger partial charge on any atom is -0.480 e. The molecule has 2 rings (SSSR count). The molecule has 0 aromatic heterocycles. The summed E-state index contributed by atoms with van der Waals surface area (Å²) in [5.74, 6) is -1.35. The molecule has 0 saturated carbocycles. The number of carboxylic acid groups (broad SMARTS) is 1. The molecule has 0 radical (unpaired) electrons. The molecule has 2 amide bonds. The molecule has 0 aromatic carbocycles. The van der Waals surface area contributed by atoms with E-state index in [4.69, 9.17) is 10.5 Å². The van der Waals surface area contributed by atoms with Gasteiger partial charge in [-0.3, -0.25) is 4.79 Å². The van der Waals surface area contributed by atoms with Crippen molar-refractivity contribution in [2.24, 2.45) is 17.1 Å². The molecule has 2 unspecified atom stereocenters. The molecule has 0 aliphatic carbocycles. The number of carbonyl (C=O) groups excluding carboxylic acids is 2. The van der Waals surface area contributed by atoms with Gasteiger partial charge in [0, 0.05) is 19.6 Å². The zero-order valence-electron chi connectivity index (χ0n) is 17.0. The van der Waals surface area contributed by atoms with Crippen molar-refractivity contribution in [2.75, 3.05) is 19.6 Å². The summed E-state index contributed by atoms with van der Waals surface area (Å²) < 4.78 is 5.42. The van der Waals surface area contributed by atoms with E-state index in [2.05, 4.69) is 0 Å². The van der Waals surface area contributed by atoms with Gasteiger partial charge in [-0.05, 0) is 51.4 Å². The van der Waals surface area contributed by atoms with Crippen molar-refractivity contribution in [3.8, 4) is 0 Å². The summed E-state index contributed by atoms with van der Waals surface area (Å²) >= 11 is 0. The first-order valence-corrected chi connectivity index (χ1v) is 9.62. The smallest absolute Gasteiger partial charge is 0.410 e. The van der Waals surface area contributed by atoms with Crippen molar-refractivity contribution in [1.82, 2.24) is 9.80 Å². The highest BCUT2D eigenvalue weighted by Crippen LogP contribution is 2.44. The third-order valence-corrected chi connectivity index (χ3v) is 5.56. The summed E-state index contributed by atoms with van der Waals surface area (Å²) in [5.41, 5.74) is 5.15. The molecule has 2 heterocycles. The first-order valence-electron chi connectivity index (χ1n) is 9.62. The number of hydrogen-bond acceptors (Lipinski definition) is 5. The van der Waals surface area contributed by atoms with Crippen LogP contribution in [0.3, 0.4) is 0 Å². The van der Waals surface area contributed by atoms with Gasteiger partial charge in [0.25, 0.3) is 0 Å². The van der Waals surface area contributed by atoms with Crippen LogP contribution in [-0.2, 0) is 14.3 Å². The van der Waals surface area contributed by atoms with Crippen LogP contribution in [0.25, 0.3) is 0 Å². The van der Waals surface area contributed by atoms with Crippen LogP contribution in [-0.4, -0.2) is 70.2 Å². The van der Waals surface area contributed by atoms with Crippen molar-refractivity contribution in [3.63, 3.8) is 0 Å². The molecule has 8 nitrogen and oxygen atoms in total. The summed E-state index contributed by atoms with van der Waals surface area (Å²) in [7, 11) is 0. The molecule has 2 aliphatic rings. The predicted octanol–water partition coefficient (Wildman–Crippen LogP) is 1.67. The van der Waals surface area contributed by atoms with E-state index in [1.807, 2.05) is 34.6 Å². The van der Waals surface area contributed by atoms with Crippen molar-refractivity contribution >= 4 is 18.0 Å². The summed E-state index contributed by atoms with van der Waals surface area (Å²) in [6.45, 7) is 10.6. The molecular weight excluding hydrogens is 350 g/mol. The monoisotopic (exact) mass is 383 g/mol. The highest BCUT2D eigenvalue weighted by Gasteiger charge is 2.51. The van der Waals surface area contributed by atoms with Crippen molar-refractivity contribution in [2.45, 2.75) is 71.6 Å². The average molecular weight is 383 g/mol. The maximum absolute atomic E-state index is 12.7. The molecule has 2 saturated heterocycles. The fourth-order valence-corrected chi connectivity index (χ4v) is 3.84. The lowest BCUT2D eigenvalue weighted by Gasteiger charge is -2.39. The molecule has 8 heteroatoms. The van der Waals surface area contributed by atoms with E-state index >= 15 is 0 Å². The molecule has 2 fully saturated rings. The van der Waals surface area contributed by atoms with E-state index in [0.29, 0.717) is 38.9 Å². The number of hydrogen-bond donors (Lipinski definition) is 2. The number of rotatable bonds is 3. The van der Waals surface area contributed by atoms with Gasteiger partial charge in [-0.1, -0.05) is 13.8 Å². The van der Waals surface area contributed by atoms with E-state index in [0.717, 1.165) is 0 Å². The Hall–Kier alpha value is -1.83. The number of carbonyl (C=O) groups is 3. The largest absolute Gasteiger partial charge is 0.480 e. The Morgan fingerprint density at radius 3 is 2.19 bits per heavy atom. The van der Waals surface area contributed by atoms with E-state index in [9.17, 15) is 19.5 Å². The Kier molecular flexibility index (Phi) is 6.09. The van der Waals surface area contributed by atoms with Gasteiger partial charge in [0.05, 0.1) is 6.04 Å². The first-order chi connectivity index (χ1) is 12.4. The van der Waals surface area contributed by atoms with Gasteiger partial charge >= 0.3 is 12.1 Å². The third-order valence-electron chi connectivity index (χ3n) is 5.56. The van der Waals surface area contributed by atoms with Crippen LogP contribution >= 0.6 is 0 Å². The third kappa shape index (κ3) is 4.91. The Morgan fingerprint density at radius 1 is 1.19 bits per heavy atom. The molecule has 2 aliphatic heterocycles. The molecule has 0 bridgehead atoms. The summed E-state index contributed by atoms with van der Waals surface area (Å²) in [6.07, 6.45) is 1.36. The fraction of sp³-hybridized carbons (Fsp3) is 0.842. The van der Waals surface area contributed by atoms with Gasteiger partial charge in [-0.2, -0.15) is 0 Å². The van der Waals surface area contributed by atoms with Crippen molar-refractivity contribution in [1.29, 1.82) is 0 Å². The molecule has 1 spiro atoms. The zero-order valence-corrected chi connectivity index (χ0v) is 17.0. The van der Waals surface area contributed by atoms with Crippen LogP contribution < -0.4 is 5.73 Å². The highest BCUT2D eigenvalue weighted by atomic mass is 16.6. The van der Waals surface area contributed by atoms with Gasteiger partial charge in [0.2, 0.25) is 5.91 Å². The van der Waals surface area contributed by atoms with Crippen molar-refractivity contribution in [3.05, 3.63) is 0 Å². The standard InChI is InChI=1S/C19H33N3O5/c1-12(2)14(20)15(23)22-11-19(10-13(22)16(24)25)6-8-21(9-7-19)17(26)27-18(3,4)5/h12-14H,6-11,20H2,1-5H3,(H,24,25). The van der Waals surface area contributed by atoms with E-state index in [-0.39, 0.29) is 23.3 Å². The lowest BCUT2D eigenvalue weighted by atomic mass is 9.76. The lowest BCUT2D eigenvalue weighted by Crippen LogP contribution is -2.51. The molecule has 3 N–H and O–H groups in total. The molecule has 2 atom stereocenters. The second-order valence-electron chi connectivity index (χ2n) is 9.26. The fourth-order valence-electron chi connectivity index (χ4n) is 3.84. The number of aliphatic carboxylic acids is 1. The Morgan fingerprint density at radius 2 is 1.74 bits per heavy atom.